The van der Waals surface area contributed by atoms with E-state index in [0.29, 0.717) is 12.0 Å². The third-order valence-corrected chi connectivity index (χ3v) is 5.15. The van der Waals surface area contributed by atoms with E-state index >= 15 is 0 Å². The zero-order chi connectivity index (χ0) is 15.4. The van der Waals surface area contributed by atoms with Crippen molar-refractivity contribution < 1.29 is 0 Å². The van der Waals surface area contributed by atoms with Gasteiger partial charge in [-0.2, -0.15) is 4.52 Å². The molecule has 23 heavy (non-hydrogen) atoms. The van der Waals surface area contributed by atoms with E-state index < -0.39 is 0 Å². The van der Waals surface area contributed by atoms with Crippen molar-refractivity contribution in [1.82, 2.24) is 19.8 Å². The van der Waals surface area contributed by atoms with Gasteiger partial charge in [-0.1, -0.05) is 24.3 Å². The Balaban J connectivity index is 1.54. The first-order chi connectivity index (χ1) is 11.3. The molecule has 0 radical (unpaired) electrons. The van der Waals surface area contributed by atoms with E-state index in [9.17, 15) is 0 Å². The van der Waals surface area contributed by atoms with Gasteiger partial charge in [0.05, 0.1) is 6.04 Å². The van der Waals surface area contributed by atoms with Gasteiger partial charge in [-0.25, -0.2) is 0 Å². The number of fused-ring (bicyclic) bond motifs is 2. The maximum Gasteiger partial charge on any atom is 0.178 e. The second-order valence-electron chi connectivity index (χ2n) is 6.66. The minimum Gasteiger partial charge on any atom is -0.351 e. The van der Waals surface area contributed by atoms with Gasteiger partial charge in [-0.05, 0) is 48.9 Å². The molecule has 5 rings (SSSR count). The standard InChI is InChI=1S/C18H19N5/c1-22(15-9-8-12-4-2-3-5-14(12)15)17-11-10-16-19-20-18(13-6-7-13)23(16)21-17/h2-5,10-11,13,15H,6-9H2,1H3. The van der Waals surface area contributed by atoms with E-state index in [4.69, 9.17) is 5.10 Å². The molecule has 5 nitrogen and oxygen atoms in total. The summed E-state index contributed by atoms with van der Waals surface area (Å²) in [5, 5.41) is 13.4. The Morgan fingerprint density at radius 2 is 1.91 bits per heavy atom. The molecule has 116 valence electrons. The number of hydrogen-bond donors (Lipinski definition) is 0. The molecular weight excluding hydrogens is 286 g/mol. The summed E-state index contributed by atoms with van der Waals surface area (Å²) >= 11 is 0. The molecule has 1 unspecified atom stereocenters. The van der Waals surface area contributed by atoms with Crippen LogP contribution in [0.15, 0.2) is 36.4 Å². The van der Waals surface area contributed by atoms with Crippen LogP contribution in [0.2, 0.25) is 0 Å². The Bertz CT molecular complexity index is 880. The van der Waals surface area contributed by atoms with Crippen LogP contribution < -0.4 is 4.90 Å². The molecule has 2 aliphatic carbocycles. The molecule has 2 aromatic heterocycles. The van der Waals surface area contributed by atoms with Gasteiger partial charge >= 0.3 is 0 Å². The highest BCUT2D eigenvalue weighted by Crippen LogP contribution is 2.39. The highest BCUT2D eigenvalue weighted by molar-refractivity contribution is 5.49. The van der Waals surface area contributed by atoms with E-state index in [0.717, 1.165) is 30.1 Å². The van der Waals surface area contributed by atoms with Crippen LogP contribution >= 0.6 is 0 Å². The minimum absolute atomic E-state index is 0.400. The summed E-state index contributed by atoms with van der Waals surface area (Å²) in [6.45, 7) is 0. The lowest BCUT2D eigenvalue weighted by Gasteiger charge is -2.26. The molecule has 0 bridgehead atoms. The van der Waals surface area contributed by atoms with Gasteiger partial charge in [0, 0.05) is 13.0 Å². The molecule has 0 amide bonds. The molecule has 2 aliphatic rings. The Morgan fingerprint density at radius 3 is 2.78 bits per heavy atom. The molecule has 0 spiro atoms. The minimum atomic E-state index is 0.400. The molecule has 1 aromatic carbocycles. The summed E-state index contributed by atoms with van der Waals surface area (Å²) in [5.41, 5.74) is 3.74. The molecule has 0 aliphatic heterocycles. The second kappa shape index (κ2) is 4.78. The van der Waals surface area contributed by atoms with Gasteiger partial charge in [0.2, 0.25) is 0 Å². The zero-order valence-corrected chi connectivity index (χ0v) is 13.2. The van der Waals surface area contributed by atoms with Gasteiger partial charge in [0.25, 0.3) is 0 Å². The lowest BCUT2D eigenvalue weighted by Crippen LogP contribution is -2.24. The Kier molecular flexibility index (Phi) is 2.71. The zero-order valence-electron chi connectivity index (χ0n) is 13.2. The number of hydrogen-bond acceptors (Lipinski definition) is 4. The molecule has 0 saturated heterocycles. The summed E-state index contributed by atoms with van der Waals surface area (Å²) in [5.74, 6) is 2.55. The van der Waals surface area contributed by atoms with E-state index in [1.807, 2.05) is 10.6 Å². The number of benzene rings is 1. The fourth-order valence-corrected chi connectivity index (χ4v) is 3.68. The van der Waals surface area contributed by atoms with E-state index in [2.05, 4.69) is 52.5 Å². The van der Waals surface area contributed by atoms with Crippen molar-refractivity contribution in [1.29, 1.82) is 0 Å². The maximum absolute atomic E-state index is 4.83. The average Bonchev–Trinajstić information content (AvgIpc) is 3.20. The predicted molar refractivity (Wildman–Crippen MR) is 88.7 cm³/mol. The molecule has 2 heterocycles. The van der Waals surface area contributed by atoms with Gasteiger partial charge in [-0.15, -0.1) is 15.3 Å². The SMILES string of the molecule is CN(c1ccc2nnc(C3CC3)n2n1)C1CCc2ccccc21. The molecule has 1 saturated carbocycles. The Hall–Kier alpha value is -2.43. The van der Waals surface area contributed by atoms with Crippen LogP contribution in [-0.2, 0) is 6.42 Å². The van der Waals surface area contributed by atoms with Crippen LogP contribution in [0.25, 0.3) is 5.65 Å². The smallest absolute Gasteiger partial charge is 0.178 e. The van der Waals surface area contributed by atoms with E-state index in [1.54, 1.807) is 0 Å². The lowest BCUT2D eigenvalue weighted by atomic mass is 10.1. The van der Waals surface area contributed by atoms with Gasteiger partial charge in [-0.3, -0.25) is 0 Å². The highest BCUT2D eigenvalue weighted by Gasteiger charge is 2.30. The van der Waals surface area contributed by atoms with Crippen molar-refractivity contribution in [2.75, 3.05) is 11.9 Å². The number of rotatable bonds is 3. The van der Waals surface area contributed by atoms with Crippen LogP contribution in [0.1, 0.15) is 48.2 Å². The first kappa shape index (κ1) is 13.0. The van der Waals surface area contributed by atoms with Crippen molar-refractivity contribution in [2.45, 2.75) is 37.6 Å². The first-order valence-electron chi connectivity index (χ1n) is 8.34. The van der Waals surface area contributed by atoms with Gasteiger partial charge < -0.3 is 4.90 Å². The Morgan fingerprint density at radius 1 is 1.04 bits per heavy atom. The summed E-state index contributed by atoms with van der Waals surface area (Å²) < 4.78 is 1.93. The normalized spacial score (nSPS) is 20.0. The third-order valence-electron chi connectivity index (χ3n) is 5.15. The number of nitrogens with zero attached hydrogens (tertiary/aromatic N) is 5. The van der Waals surface area contributed by atoms with Crippen LogP contribution in [0.5, 0.6) is 0 Å². The average molecular weight is 305 g/mol. The highest BCUT2D eigenvalue weighted by atomic mass is 15.4. The summed E-state index contributed by atoms with van der Waals surface area (Å²) in [7, 11) is 2.14. The van der Waals surface area contributed by atoms with Crippen molar-refractivity contribution in [2.24, 2.45) is 0 Å². The van der Waals surface area contributed by atoms with Crippen LogP contribution in [0.4, 0.5) is 5.82 Å². The fourth-order valence-electron chi connectivity index (χ4n) is 3.68. The van der Waals surface area contributed by atoms with Crippen molar-refractivity contribution in [3.8, 4) is 0 Å². The van der Waals surface area contributed by atoms with Crippen molar-refractivity contribution in [3.05, 3.63) is 53.3 Å². The van der Waals surface area contributed by atoms with E-state index in [-0.39, 0.29) is 0 Å². The summed E-state index contributed by atoms with van der Waals surface area (Å²) in [6, 6.07) is 13.2. The fraction of sp³-hybridized carbons (Fsp3) is 0.389. The summed E-state index contributed by atoms with van der Waals surface area (Å²) in [6.07, 6.45) is 4.71. The van der Waals surface area contributed by atoms with Gasteiger partial charge in [0.1, 0.15) is 5.82 Å². The first-order valence-corrected chi connectivity index (χ1v) is 8.34. The van der Waals surface area contributed by atoms with Gasteiger partial charge in [0.15, 0.2) is 11.5 Å². The van der Waals surface area contributed by atoms with Crippen molar-refractivity contribution >= 4 is 11.5 Å². The van der Waals surface area contributed by atoms with Crippen molar-refractivity contribution in [3.63, 3.8) is 0 Å². The maximum atomic E-state index is 4.83. The van der Waals surface area contributed by atoms with Crippen LogP contribution in [0.3, 0.4) is 0 Å². The molecule has 1 fully saturated rings. The molecule has 3 aromatic rings. The Labute approximate surface area is 135 Å². The molecule has 5 heteroatoms. The van der Waals surface area contributed by atoms with Crippen LogP contribution in [0, 0.1) is 0 Å². The molecule has 1 atom stereocenters. The number of aromatic nitrogens is 4. The summed E-state index contributed by atoms with van der Waals surface area (Å²) in [4.78, 5) is 2.29. The largest absolute Gasteiger partial charge is 0.351 e. The topological polar surface area (TPSA) is 46.3 Å². The quantitative estimate of drug-likeness (QED) is 0.746. The number of aryl methyl sites for hydroxylation is 1. The predicted octanol–water partition coefficient (Wildman–Crippen LogP) is 3.13. The molecular formula is C18H19N5. The lowest BCUT2D eigenvalue weighted by molar-refractivity contribution is 0.646. The third kappa shape index (κ3) is 2.03. The number of anilines is 1. The van der Waals surface area contributed by atoms with Crippen LogP contribution in [-0.4, -0.2) is 26.9 Å². The monoisotopic (exact) mass is 305 g/mol. The van der Waals surface area contributed by atoms with E-state index in [1.165, 1.54) is 24.0 Å². The molecule has 0 N–H and O–H groups in total. The second-order valence-corrected chi connectivity index (χ2v) is 6.66.